The Bertz CT molecular complexity index is 1660. The van der Waals surface area contributed by atoms with Crippen LogP contribution in [0.4, 0.5) is 16.0 Å². The molecule has 2 saturated heterocycles. The zero-order valence-corrected chi connectivity index (χ0v) is 26.2. The van der Waals surface area contributed by atoms with Gasteiger partial charge in [0.05, 0.1) is 34.9 Å². The number of nitrogens with zero attached hydrogens (tertiary/aromatic N) is 8. The number of benzene rings is 1. The second-order valence-corrected chi connectivity index (χ2v) is 12.9. The predicted molar refractivity (Wildman–Crippen MR) is 169 cm³/mol. The van der Waals surface area contributed by atoms with Gasteiger partial charge in [0.25, 0.3) is 5.91 Å². The molecule has 5 heterocycles. The third-order valence-electron chi connectivity index (χ3n) is 8.69. The van der Waals surface area contributed by atoms with Crippen LogP contribution >= 0.6 is 0 Å². The number of imidazole rings is 1. The van der Waals surface area contributed by atoms with Crippen LogP contribution in [0.25, 0.3) is 22.3 Å². The van der Waals surface area contributed by atoms with Crippen LogP contribution in [0, 0.1) is 12.7 Å². The molecule has 2 N–H and O–H groups in total. The van der Waals surface area contributed by atoms with Crippen molar-refractivity contribution in [2.75, 3.05) is 56.5 Å². The van der Waals surface area contributed by atoms with Crippen molar-refractivity contribution in [2.45, 2.75) is 51.8 Å². The molecule has 2 fully saturated rings. The highest BCUT2D eigenvalue weighted by atomic mass is 19.1. The van der Waals surface area contributed by atoms with Gasteiger partial charge in [-0.2, -0.15) is 5.10 Å². The highest BCUT2D eigenvalue weighted by Crippen LogP contribution is 2.30. The second-order valence-electron chi connectivity index (χ2n) is 12.9. The Hall–Kier alpha value is -3.87. The van der Waals surface area contributed by atoms with Gasteiger partial charge in [0.1, 0.15) is 5.69 Å². The van der Waals surface area contributed by atoms with E-state index in [1.807, 2.05) is 12.1 Å². The van der Waals surface area contributed by atoms with Gasteiger partial charge in [-0.1, -0.05) is 0 Å². The summed E-state index contributed by atoms with van der Waals surface area (Å²) >= 11 is 0. The van der Waals surface area contributed by atoms with Gasteiger partial charge in [-0.25, -0.2) is 14.4 Å². The Balaban J connectivity index is 1.25. The quantitative estimate of drug-likeness (QED) is 0.331. The number of carbonyl (C=O) groups is 1. The van der Waals surface area contributed by atoms with E-state index in [0.29, 0.717) is 22.8 Å². The van der Waals surface area contributed by atoms with Crippen molar-refractivity contribution >= 4 is 28.6 Å². The van der Waals surface area contributed by atoms with Crippen LogP contribution in [0.2, 0.25) is 0 Å². The van der Waals surface area contributed by atoms with Crippen molar-refractivity contribution in [3.63, 3.8) is 0 Å². The Labute approximate surface area is 257 Å². The molecule has 0 radical (unpaired) electrons. The summed E-state index contributed by atoms with van der Waals surface area (Å²) in [6.07, 6.45) is 5.41. The number of aromatic nitrogens is 5. The Morgan fingerprint density at radius 1 is 1.07 bits per heavy atom. The second kappa shape index (κ2) is 11.9. The summed E-state index contributed by atoms with van der Waals surface area (Å²) in [5, 5.41) is 17.7. The zero-order chi connectivity index (χ0) is 31.2. The number of amides is 1. The molecular formula is C32H42FN9O2. The number of hydrogen-bond donors (Lipinski definition) is 2. The Kier molecular flexibility index (Phi) is 8.16. The minimum Gasteiger partial charge on any atom is -0.389 e. The lowest BCUT2D eigenvalue weighted by molar-refractivity contribution is 0.0630. The third kappa shape index (κ3) is 6.33. The van der Waals surface area contributed by atoms with Gasteiger partial charge in [0.2, 0.25) is 5.95 Å². The van der Waals surface area contributed by atoms with Crippen LogP contribution in [0.15, 0.2) is 36.7 Å². The average Bonchev–Trinajstić information content (AvgIpc) is 3.56. The number of fused-ring (bicyclic) bond motifs is 1. The van der Waals surface area contributed by atoms with E-state index >= 15 is 4.39 Å². The van der Waals surface area contributed by atoms with Crippen LogP contribution in [0.1, 0.15) is 42.7 Å². The fourth-order valence-corrected chi connectivity index (χ4v) is 6.36. The molecule has 234 valence electrons. The van der Waals surface area contributed by atoms with Crippen LogP contribution in [0.3, 0.4) is 0 Å². The van der Waals surface area contributed by atoms with Crippen LogP contribution in [-0.4, -0.2) is 103 Å². The SMILES string of the molecule is Cc1cc(C(=O)Nc2nc3cc(N4CCC(N5CCN(C)CC5)CC4)ccc3n2CC(C)(C)O)c(F)c(-c2cnn(C)c2)n1. The molecule has 2 aliphatic heterocycles. The Morgan fingerprint density at radius 3 is 2.45 bits per heavy atom. The smallest absolute Gasteiger partial charge is 0.261 e. The Morgan fingerprint density at radius 2 is 1.80 bits per heavy atom. The standard InChI is InChI=1S/C32H42FN9O2/c1-21-16-25(28(33)29(35-21)22-18-34-39(5)19-22)30(43)37-31-36-26-17-24(6-7-27(26)42(31)20-32(2,3)44)40-10-8-23(9-11-40)41-14-12-38(4)13-15-41/h6-7,16-19,23,44H,8-15,20H2,1-5H3,(H,36,37,43). The first-order chi connectivity index (χ1) is 20.9. The number of piperidine rings is 1. The molecule has 11 nitrogen and oxygen atoms in total. The lowest BCUT2D eigenvalue weighted by Gasteiger charge is -2.42. The fraction of sp³-hybridized carbons (Fsp3) is 0.500. The molecule has 0 aliphatic carbocycles. The predicted octanol–water partition coefficient (Wildman–Crippen LogP) is 3.52. The molecule has 0 saturated carbocycles. The van der Waals surface area contributed by atoms with Crippen LogP contribution < -0.4 is 10.2 Å². The van der Waals surface area contributed by atoms with E-state index in [4.69, 9.17) is 4.98 Å². The summed E-state index contributed by atoms with van der Waals surface area (Å²) in [4.78, 5) is 30.1. The van der Waals surface area contributed by atoms with E-state index in [1.165, 1.54) is 12.3 Å². The topological polar surface area (TPSA) is 108 Å². The number of carbonyl (C=O) groups excluding carboxylic acids is 1. The summed E-state index contributed by atoms with van der Waals surface area (Å²) in [5.74, 6) is -1.13. The first-order valence-corrected chi connectivity index (χ1v) is 15.3. The third-order valence-corrected chi connectivity index (χ3v) is 8.69. The maximum atomic E-state index is 15.7. The largest absolute Gasteiger partial charge is 0.389 e. The monoisotopic (exact) mass is 603 g/mol. The number of aliphatic hydroxyl groups is 1. The maximum absolute atomic E-state index is 15.7. The van der Waals surface area contributed by atoms with Crippen LogP contribution in [0.5, 0.6) is 0 Å². The van der Waals surface area contributed by atoms with Gasteiger partial charge in [0.15, 0.2) is 5.82 Å². The molecule has 6 rings (SSSR count). The number of pyridine rings is 1. The molecule has 3 aromatic heterocycles. The number of rotatable bonds is 7. The van der Waals surface area contributed by atoms with Crippen molar-refractivity contribution in [1.29, 1.82) is 0 Å². The van der Waals surface area contributed by atoms with Gasteiger partial charge < -0.3 is 19.5 Å². The summed E-state index contributed by atoms with van der Waals surface area (Å²) in [6.45, 7) is 11.8. The minimum absolute atomic E-state index is 0.0641. The van der Waals surface area contributed by atoms with E-state index in [1.54, 1.807) is 43.3 Å². The molecule has 0 atom stereocenters. The molecule has 1 aromatic carbocycles. The van der Waals surface area contributed by atoms with Crippen molar-refractivity contribution < 1.29 is 14.3 Å². The molecular weight excluding hydrogens is 561 g/mol. The van der Waals surface area contributed by atoms with E-state index in [-0.39, 0.29) is 23.8 Å². The lowest BCUT2D eigenvalue weighted by atomic mass is 10.0. The molecule has 44 heavy (non-hydrogen) atoms. The highest BCUT2D eigenvalue weighted by Gasteiger charge is 2.28. The van der Waals surface area contributed by atoms with Gasteiger partial charge in [-0.15, -0.1) is 0 Å². The molecule has 12 heteroatoms. The normalized spacial score (nSPS) is 17.5. The van der Waals surface area contributed by atoms with Gasteiger partial charge in [-0.3, -0.25) is 19.7 Å². The summed E-state index contributed by atoms with van der Waals surface area (Å²) < 4.78 is 19.0. The zero-order valence-electron chi connectivity index (χ0n) is 26.2. The van der Waals surface area contributed by atoms with Crippen molar-refractivity contribution in [3.05, 3.63) is 53.7 Å². The molecule has 4 aromatic rings. The molecule has 0 bridgehead atoms. The number of anilines is 2. The number of likely N-dealkylation sites (N-methyl/N-ethyl adjacent to an activating group) is 1. The molecule has 0 spiro atoms. The highest BCUT2D eigenvalue weighted by molar-refractivity contribution is 6.05. The van der Waals surface area contributed by atoms with Gasteiger partial charge in [0, 0.05) is 75.5 Å². The molecule has 0 unspecified atom stereocenters. The number of piperazine rings is 1. The van der Waals surface area contributed by atoms with E-state index < -0.39 is 17.3 Å². The summed E-state index contributed by atoms with van der Waals surface area (Å²) in [7, 11) is 3.92. The van der Waals surface area contributed by atoms with E-state index in [2.05, 4.69) is 43.2 Å². The fourth-order valence-electron chi connectivity index (χ4n) is 6.36. The lowest BCUT2D eigenvalue weighted by Crippen LogP contribution is -2.52. The number of hydrogen-bond acceptors (Lipinski definition) is 8. The molecule has 1 amide bonds. The average molecular weight is 604 g/mol. The number of nitrogens with one attached hydrogen (secondary N) is 1. The molecule has 2 aliphatic rings. The number of halogens is 1. The summed E-state index contributed by atoms with van der Waals surface area (Å²) in [5.41, 5.74) is 2.39. The first-order valence-electron chi connectivity index (χ1n) is 15.3. The minimum atomic E-state index is -1.08. The van der Waals surface area contributed by atoms with Gasteiger partial charge in [-0.05, 0) is 64.9 Å². The first kappa shape index (κ1) is 30.2. The van der Waals surface area contributed by atoms with Crippen molar-refractivity contribution in [3.8, 4) is 11.3 Å². The van der Waals surface area contributed by atoms with Crippen molar-refractivity contribution in [2.24, 2.45) is 7.05 Å². The van der Waals surface area contributed by atoms with Crippen LogP contribution in [-0.2, 0) is 13.6 Å². The maximum Gasteiger partial charge on any atom is 0.261 e. The summed E-state index contributed by atoms with van der Waals surface area (Å²) in [6, 6.07) is 8.16. The van der Waals surface area contributed by atoms with E-state index in [0.717, 1.165) is 63.3 Å². The van der Waals surface area contributed by atoms with E-state index in [9.17, 15) is 9.90 Å². The number of aryl methyl sites for hydroxylation is 2. The van der Waals surface area contributed by atoms with Gasteiger partial charge >= 0.3 is 0 Å². The van der Waals surface area contributed by atoms with Crippen molar-refractivity contribution in [1.82, 2.24) is 34.1 Å².